The summed E-state index contributed by atoms with van der Waals surface area (Å²) in [4.78, 5) is 31.8. The van der Waals surface area contributed by atoms with Crippen molar-refractivity contribution in [3.63, 3.8) is 0 Å². The first kappa shape index (κ1) is 76.2. The van der Waals surface area contributed by atoms with Crippen LogP contribution in [0, 0.1) is 0 Å². The Morgan fingerprint density at radius 1 is 0.362 bits per heavy atom. The Morgan fingerprint density at radius 3 is 0.825 bits per heavy atom. The van der Waals surface area contributed by atoms with Gasteiger partial charge in [-0.3, -0.25) is 14.4 Å². The first-order valence-corrected chi connectivity index (χ1v) is 34.6. The summed E-state index contributed by atoms with van der Waals surface area (Å²) in [6, 6.07) is 21.9. The molecule has 0 saturated carbocycles. The van der Waals surface area contributed by atoms with E-state index in [1.54, 1.807) is 0 Å². The second-order valence-electron chi connectivity index (χ2n) is 23.4. The van der Waals surface area contributed by atoms with Gasteiger partial charge in [0.15, 0.2) is 0 Å². The normalized spacial score (nSPS) is 11.8. The van der Waals surface area contributed by atoms with Crippen LogP contribution in [0.5, 0.6) is 0 Å². The van der Waals surface area contributed by atoms with Crippen molar-refractivity contribution in [1.82, 2.24) is 0 Å². The quantitative estimate of drug-likeness (QED) is 0.0250. The van der Waals surface area contributed by atoms with Crippen LogP contribution in [0.2, 0.25) is 5.04 Å². The van der Waals surface area contributed by atoms with Gasteiger partial charge >= 0.3 is 0 Å². The third-order valence-corrected chi connectivity index (χ3v) is 20.0. The van der Waals surface area contributed by atoms with Gasteiger partial charge in [0.1, 0.15) is 0 Å². The number of aliphatic hydroxyl groups is 2. The summed E-state index contributed by atoms with van der Waals surface area (Å²) in [5, 5.41) is 20.1. The van der Waals surface area contributed by atoms with Crippen LogP contribution in [-0.4, -0.2) is 56.1 Å². The molecule has 0 aliphatic carbocycles. The van der Waals surface area contributed by atoms with Gasteiger partial charge in [-0.1, -0.05) is 253 Å². The first-order valence-electron chi connectivity index (χ1n) is 32.7. The smallest absolute Gasteiger partial charge is 0.261 e. The Labute approximate surface area is 492 Å². The maximum Gasteiger partial charge on any atom is 0.261 e. The predicted octanol–water partition coefficient (Wildman–Crippen LogP) is 17.0. The molecule has 0 saturated heterocycles. The Hall–Kier alpha value is -3.83. The van der Waals surface area contributed by atoms with E-state index in [-0.39, 0.29) is 22.8 Å². The Bertz CT molecular complexity index is 1670. The Kier molecular flexibility index (Phi) is 54.3. The molecule has 0 radical (unpaired) electrons. The molecule has 2 aromatic carbocycles. The number of primary amides is 3. The molecule has 80 heavy (non-hydrogen) atoms. The largest absolute Gasteiger partial charge is 0.407 e. The molecule has 0 aliphatic rings. The summed E-state index contributed by atoms with van der Waals surface area (Å²) in [6.45, 7) is 8.57. The lowest BCUT2D eigenvalue weighted by Crippen LogP contribution is -2.66. The van der Waals surface area contributed by atoms with E-state index in [9.17, 15) is 14.4 Å². The van der Waals surface area contributed by atoms with Crippen LogP contribution in [0.1, 0.15) is 290 Å². The molecule has 2 rings (SSSR count). The number of benzene rings is 2. The number of hydrogen-bond acceptors (Lipinski definition) is 6. The van der Waals surface area contributed by atoms with Crippen molar-refractivity contribution < 1.29 is 29.0 Å². The van der Waals surface area contributed by atoms with Crippen LogP contribution in [0.4, 0.5) is 0 Å². The molecule has 3 amide bonds. The minimum atomic E-state index is -2.39. The van der Waals surface area contributed by atoms with Crippen molar-refractivity contribution in [3.8, 4) is 0 Å². The third kappa shape index (κ3) is 47.8. The number of unbranched alkanes of at least 4 members (excludes halogenated alkanes) is 33. The molecule has 0 fully saturated rings. The van der Waals surface area contributed by atoms with Crippen LogP contribution in [0.25, 0.3) is 0 Å². The van der Waals surface area contributed by atoms with Gasteiger partial charge < -0.3 is 31.8 Å². The number of carbonyl (C=O) groups is 3. The molecule has 0 bridgehead atoms. The number of nitrogens with two attached hydrogens (primary N) is 3. The highest BCUT2D eigenvalue weighted by Crippen LogP contribution is 2.37. The van der Waals surface area contributed by atoms with E-state index >= 15 is 0 Å². The van der Waals surface area contributed by atoms with Crippen molar-refractivity contribution in [2.45, 2.75) is 295 Å². The van der Waals surface area contributed by atoms with Gasteiger partial charge in [0.25, 0.3) is 8.32 Å². The summed E-state index contributed by atoms with van der Waals surface area (Å²) >= 11 is 0. The van der Waals surface area contributed by atoms with Crippen LogP contribution >= 0.6 is 0 Å². The lowest BCUT2D eigenvalue weighted by atomic mass is 10.1. The number of rotatable bonds is 52. The number of allylic oxidation sites excluding steroid dienone is 6. The topological polar surface area (TPSA) is 179 Å². The van der Waals surface area contributed by atoms with Crippen molar-refractivity contribution in [3.05, 3.63) is 97.1 Å². The molecule has 0 aromatic heterocycles. The predicted molar refractivity (Wildman–Crippen MR) is 347 cm³/mol. The zero-order chi connectivity index (χ0) is 58.7. The molecule has 458 valence electrons. The molecule has 2 aromatic rings. The third-order valence-electron chi connectivity index (χ3n) is 14.9. The summed E-state index contributed by atoms with van der Waals surface area (Å²) in [7, 11) is -2.39. The highest BCUT2D eigenvalue weighted by Gasteiger charge is 2.49. The van der Waals surface area contributed by atoms with Gasteiger partial charge in [0, 0.05) is 39.1 Å². The zero-order valence-electron chi connectivity index (χ0n) is 51.8. The van der Waals surface area contributed by atoms with E-state index in [1.165, 1.54) is 203 Å². The summed E-state index contributed by atoms with van der Waals surface area (Å²) < 4.78 is 7.01. The van der Waals surface area contributed by atoms with Gasteiger partial charge in [0.2, 0.25) is 17.7 Å². The maximum atomic E-state index is 10.7. The Morgan fingerprint density at radius 2 is 0.588 bits per heavy atom. The molecule has 9 nitrogen and oxygen atoms in total. The molecule has 0 unspecified atom stereocenters. The molecule has 0 aliphatic heterocycles. The fraction of sp³-hybridized carbons (Fsp3) is 0.700. The lowest BCUT2D eigenvalue weighted by Gasteiger charge is -2.43. The minimum absolute atomic E-state index is 0.0509. The molecular weight excluding hydrogens is 1010 g/mol. The van der Waals surface area contributed by atoms with E-state index in [4.69, 9.17) is 31.8 Å². The van der Waals surface area contributed by atoms with Crippen molar-refractivity contribution in [2.75, 3.05) is 19.8 Å². The van der Waals surface area contributed by atoms with Crippen LogP contribution < -0.4 is 27.6 Å². The summed E-state index contributed by atoms with van der Waals surface area (Å²) in [6.07, 6.45) is 62.4. The highest BCUT2D eigenvalue weighted by molar-refractivity contribution is 6.99. The lowest BCUT2D eigenvalue weighted by molar-refractivity contribution is -0.119. The fourth-order valence-electron chi connectivity index (χ4n) is 10.2. The molecule has 0 heterocycles. The van der Waals surface area contributed by atoms with E-state index in [1.807, 2.05) is 0 Å². The molecule has 0 spiro atoms. The summed E-state index contributed by atoms with van der Waals surface area (Å²) in [5.41, 5.74) is 15.4. The van der Waals surface area contributed by atoms with E-state index in [2.05, 4.69) is 118 Å². The number of aliphatic hydroxyl groups excluding tert-OH is 2. The van der Waals surface area contributed by atoms with E-state index in [0.29, 0.717) is 32.5 Å². The standard InChI is InChI=1S/C34H53NO2Si.2C18H35NO2/c1-34(2,3)38(31-25-19-17-20-26-31,32-27-21-18-22-28-32)37-30-24-16-14-12-10-8-6-4-5-7-9-11-13-15-23-29-33(35)36;2*19-18(21)16-14-12-10-8-6-4-2-1-3-5-7-9-11-13-15-17-20/h4-5,17-22,25-28H,6-16,23-24,29-30H2,1-3H3,(H2,35,36);2*1-2,20H,3-17H2,(H2,19,21)/b5-4+;2*2-1-. The van der Waals surface area contributed by atoms with Crippen molar-refractivity contribution in [2.24, 2.45) is 17.2 Å². The van der Waals surface area contributed by atoms with E-state index < -0.39 is 8.32 Å². The summed E-state index contributed by atoms with van der Waals surface area (Å²) in [5.74, 6) is -0.522. The van der Waals surface area contributed by atoms with Gasteiger partial charge in [-0.2, -0.15) is 0 Å². The molecule has 8 N–H and O–H groups in total. The minimum Gasteiger partial charge on any atom is -0.407 e. The van der Waals surface area contributed by atoms with Crippen LogP contribution in [-0.2, 0) is 18.8 Å². The molecule has 10 heteroatoms. The van der Waals surface area contributed by atoms with E-state index in [0.717, 1.165) is 64.4 Å². The zero-order valence-corrected chi connectivity index (χ0v) is 52.8. The SMILES string of the molecule is CC(C)(C)[Si](OCCCCCCCC/C=C/CCCCCCCC(N)=O)(c1ccccc1)c1ccccc1.NC(=O)CCCCCCC/C=C\CCCCCCCCO.NC(=O)CCCCCCC/C=C\CCCCCCCCO. The van der Waals surface area contributed by atoms with Gasteiger partial charge in [-0.05, 0) is 131 Å². The van der Waals surface area contributed by atoms with Crippen molar-refractivity contribution >= 4 is 36.4 Å². The van der Waals surface area contributed by atoms with Crippen LogP contribution in [0.15, 0.2) is 97.1 Å². The maximum absolute atomic E-state index is 10.7. The second kappa shape index (κ2) is 57.0. The van der Waals surface area contributed by atoms with Crippen molar-refractivity contribution in [1.29, 1.82) is 0 Å². The second-order valence-corrected chi connectivity index (χ2v) is 27.7. The average molecular weight is 1130 g/mol. The van der Waals surface area contributed by atoms with Gasteiger partial charge in [-0.25, -0.2) is 0 Å². The molecular formula is C70H123N3O6Si. The fourth-order valence-corrected chi connectivity index (χ4v) is 14.8. The number of carbonyl (C=O) groups excluding carboxylic acids is 3. The Balaban J connectivity index is 0.00000127. The highest BCUT2D eigenvalue weighted by atomic mass is 28.4. The van der Waals surface area contributed by atoms with Gasteiger partial charge in [-0.15, -0.1) is 0 Å². The van der Waals surface area contributed by atoms with Gasteiger partial charge in [0.05, 0.1) is 0 Å². The first-order chi connectivity index (χ1) is 38.9. The monoisotopic (exact) mass is 1130 g/mol. The van der Waals surface area contributed by atoms with Crippen LogP contribution in [0.3, 0.4) is 0 Å². The average Bonchev–Trinajstić information content (AvgIpc) is 3.44. The number of hydrogen-bond donors (Lipinski definition) is 5. The molecule has 0 atom stereocenters. The number of amides is 3.